The van der Waals surface area contributed by atoms with E-state index in [1.807, 2.05) is 28.0 Å². The topological polar surface area (TPSA) is 62.7 Å². The van der Waals surface area contributed by atoms with Crippen LogP contribution in [0.15, 0.2) is 24.4 Å². The van der Waals surface area contributed by atoms with Crippen molar-refractivity contribution in [1.82, 2.24) is 14.8 Å². The monoisotopic (exact) mass is 387 g/mol. The molecule has 2 aliphatic heterocycles. The lowest BCUT2D eigenvalue weighted by molar-refractivity contribution is -0.139. The van der Waals surface area contributed by atoms with Gasteiger partial charge in [0.25, 0.3) is 0 Å². The van der Waals surface area contributed by atoms with Gasteiger partial charge >= 0.3 is 6.09 Å². The molecule has 0 N–H and O–H groups in total. The maximum Gasteiger partial charge on any atom is 0.409 e. The smallest absolute Gasteiger partial charge is 0.409 e. The molecule has 2 fully saturated rings. The van der Waals surface area contributed by atoms with Crippen molar-refractivity contribution in [2.45, 2.75) is 52.9 Å². The first-order chi connectivity index (χ1) is 13.3. The maximum absolute atomic E-state index is 12.4. The van der Waals surface area contributed by atoms with E-state index in [4.69, 9.17) is 4.74 Å². The van der Waals surface area contributed by atoms with Gasteiger partial charge in [0, 0.05) is 50.9 Å². The summed E-state index contributed by atoms with van der Waals surface area (Å²) in [5, 5.41) is 0. The van der Waals surface area contributed by atoms with Gasteiger partial charge in [0.1, 0.15) is 0 Å². The van der Waals surface area contributed by atoms with E-state index < -0.39 is 0 Å². The molecule has 28 heavy (non-hydrogen) atoms. The van der Waals surface area contributed by atoms with Gasteiger partial charge in [-0.25, -0.2) is 4.79 Å². The van der Waals surface area contributed by atoms with Gasteiger partial charge < -0.3 is 14.5 Å². The van der Waals surface area contributed by atoms with E-state index in [2.05, 4.69) is 25.8 Å². The van der Waals surface area contributed by atoms with E-state index in [9.17, 15) is 9.59 Å². The summed E-state index contributed by atoms with van der Waals surface area (Å²) < 4.78 is 5.46. The van der Waals surface area contributed by atoms with Gasteiger partial charge in [0.15, 0.2) is 0 Å². The highest BCUT2D eigenvalue weighted by molar-refractivity contribution is 5.77. The predicted molar refractivity (Wildman–Crippen MR) is 108 cm³/mol. The molecule has 6 nitrogen and oxygen atoms in total. The fourth-order valence-electron chi connectivity index (χ4n) is 4.04. The summed E-state index contributed by atoms with van der Waals surface area (Å²) in [7, 11) is 0. The Labute approximate surface area is 168 Å². The molecule has 3 rings (SSSR count). The summed E-state index contributed by atoms with van der Waals surface area (Å²) in [6, 6.07) is 5.90. The highest BCUT2D eigenvalue weighted by atomic mass is 16.6. The molecule has 1 spiro atoms. The third-order valence-corrected chi connectivity index (χ3v) is 5.82. The molecule has 0 unspecified atom stereocenters. The second kappa shape index (κ2) is 8.50. The number of nitrogens with zero attached hydrogens (tertiary/aromatic N) is 3. The molecule has 0 aromatic carbocycles. The molecule has 0 saturated carbocycles. The fourth-order valence-corrected chi connectivity index (χ4v) is 4.04. The fraction of sp³-hybridized carbons (Fsp3) is 0.682. The molecule has 0 bridgehead atoms. The van der Waals surface area contributed by atoms with Crippen LogP contribution in [-0.2, 0) is 16.0 Å². The molecule has 0 atom stereocenters. The Morgan fingerprint density at radius 3 is 2.61 bits per heavy atom. The first-order valence-corrected chi connectivity index (χ1v) is 10.4. The number of carbonyl (C=O) groups is 2. The zero-order valence-corrected chi connectivity index (χ0v) is 17.4. The van der Waals surface area contributed by atoms with Crippen molar-refractivity contribution in [2.75, 3.05) is 32.8 Å². The molecule has 0 aliphatic carbocycles. The van der Waals surface area contributed by atoms with Gasteiger partial charge in [0.2, 0.25) is 5.91 Å². The van der Waals surface area contributed by atoms with E-state index >= 15 is 0 Å². The Bertz CT molecular complexity index is 676. The van der Waals surface area contributed by atoms with Crippen LogP contribution >= 0.6 is 0 Å². The van der Waals surface area contributed by atoms with Crippen molar-refractivity contribution in [1.29, 1.82) is 0 Å². The van der Waals surface area contributed by atoms with Crippen molar-refractivity contribution in [3.63, 3.8) is 0 Å². The van der Waals surface area contributed by atoms with Gasteiger partial charge in [0.05, 0.1) is 6.61 Å². The summed E-state index contributed by atoms with van der Waals surface area (Å²) in [6.07, 6.45) is 5.78. The predicted octanol–water partition coefficient (Wildman–Crippen LogP) is 3.51. The lowest BCUT2D eigenvalue weighted by Crippen LogP contribution is -2.52. The molecule has 2 amide bonds. The Morgan fingerprint density at radius 2 is 1.96 bits per heavy atom. The van der Waals surface area contributed by atoms with E-state index in [1.54, 1.807) is 6.20 Å². The lowest BCUT2D eigenvalue weighted by atomic mass is 9.72. The molecule has 2 aliphatic rings. The van der Waals surface area contributed by atoms with Crippen LogP contribution in [0.1, 0.15) is 52.1 Å². The second-order valence-corrected chi connectivity index (χ2v) is 9.49. The Morgan fingerprint density at radius 1 is 1.21 bits per heavy atom. The Hall–Kier alpha value is -2.11. The number of likely N-dealkylation sites (tertiary alicyclic amines) is 2. The molecule has 1 aromatic rings. The van der Waals surface area contributed by atoms with Crippen LogP contribution in [0.5, 0.6) is 0 Å². The molecule has 6 heteroatoms. The van der Waals surface area contributed by atoms with Gasteiger partial charge in [-0.2, -0.15) is 0 Å². The number of rotatable bonds is 4. The number of piperidine rings is 2. The van der Waals surface area contributed by atoms with Crippen LogP contribution in [0.2, 0.25) is 0 Å². The minimum Gasteiger partial charge on any atom is -0.449 e. The minimum atomic E-state index is -0.205. The lowest BCUT2D eigenvalue weighted by Gasteiger charge is -2.47. The zero-order chi connectivity index (χ0) is 20.2. The number of carbonyl (C=O) groups excluding carboxylic acids is 2. The third kappa shape index (κ3) is 5.46. The SMILES string of the molecule is CC(C)(C)COC(=O)N1CCC2(CCC(=O)N(CCc3ccccn3)C2)CC1. The summed E-state index contributed by atoms with van der Waals surface area (Å²) in [6.45, 7) is 9.55. The second-order valence-electron chi connectivity index (χ2n) is 9.49. The number of hydrogen-bond donors (Lipinski definition) is 0. The van der Waals surface area contributed by atoms with Crippen molar-refractivity contribution >= 4 is 12.0 Å². The summed E-state index contributed by atoms with van der Waals surface area (Å²) in [4.78, 5) is 32.9. The molecule has 154 valence electrons. The molecule has 0 radical (unpaired) electrons. The quantitative estimate of drug-likeness (QED) is 0.793. The molecule has 2 saturated heterocycles. The van der Waals surface area contributed by atoms with Gasteiger partial charge in [-0.1, -0.05) is 26.8 Å². The van der Waals surface area contributed by atoms with Gasteiger partial charge in [-0.15, -0.1) is 0 Å². The van der Waals surface area contributed by atoms with E-state index in [-0.39, 0.29) is 22.8 Å². The van der Waals surface area contributed by atoms with Crippen molar-refractivity contribution in [2.24, 2.45) is 10.8 Å². The standard InChI is InChI=1S/C22H33N3O3/c1-21(2,3)17-28-20(27)24-14-10-22(11-15-24)9-7-19(26)25(16-22)13-8-18-6-4-5-12-23-18/h4-6,12H,7-11,13-17H2,1-3H3. The van der Waals surface area contributed by atoms with Gasteiger partial charge in [-0.3, -0.25) is 9.78 Å². The number of ether oxygens (including phenoxy) is 1. The van der Waals surface area contributed by atoms with Crippen LogP contribution in [0.3, 0.4) is 0 Å². The van der Waals surface area contributed by atoms with Crippen LogP contribution in [0.25, 0.3) is 0 Å². The van der Waals surface area contributed by atoms with Crippen LogP contribution in [-0.4, -0.2) is 59.6 Å². The van der Waals surface area contributed by atoms with Crippen LogP contribution in [0, 0.1) is 10.8 Å². The first-order valence-electron chi connectivity index (χ1n) is 10.4. The average molecular weight is 388 g/mol. The largest absolute Gasteiger partial charge is 0.449 e. The van der Waals surface area contributed by atoms with Crippen molar-refractivity contribution < 1.29 is 14.3 Å². The van der Waals surface area contributed by atoms with Crippen molar-refractivity contribution in [3.05, 3.63) is 30.1 Å². The highest BCUT2D eigenvalue weighted by Gasteiger charge is 2.41. The number of amides is 2. The van der Waals surface area contributed by atoms with Crippen LogP contribution < -0.4 is 0 Å². The van der Waals surface area contributed by atoms with E-state index in [0.717, 1.165) is 44.5 Å². The Balaban J connectivity index is 1.51. The maximum atomic E-state index is 12.4. The number of pyridine rings is 1. The summed E-state index contributed by atoms with van der Waals surface area (Å²) in [5.41, 5.74) is 1.13. The number of aromatic nitrogens is 1. The molecular formula is C22H33N3O3. The van der Waals surface area contributed by atoms with E-state index in [0.29, 0.717) is 26.1 Å². The van der Waals surface area contributed by atoms with E-state index in [1.165, 1.54) is 0 Å². The summed E-state index contributed by atoms with van der Waals surface area (Å²) >= 11 is 0. The van der Waals surface area contributed by atoms with Gasteiger partial charge in [-0.05, 0) is 42.2 Å². The molecule has 1 aromatic heterocycles. The highest BCUT2D eigenvalue weighted by Crippen LogP contribution is 2.40. The third-order valence-electron chi connectivity index (χ3n) is 5.82. The minimum absolute atomic E-state index is 0.0233. The zero-order valence-electron chi connectivity index (χ0n) is 17.4. The molecular weight excluding hydrogens is 354 g/mol. The average Bonchev–Trinajstić information content (AvgIpc) is 2.68. The number of hydrogen-bond acceptors (Lipinski definition) is 4. The summed E-state index contributed by atoms with van der Waals surface area (Å²) in [5.74, 6) is 0.244. The molecule has 3 heterocycles. The van der Waals surface area contributed by atoms with Crippen LogP contribution in [0.4, 0.5) is 4.79 Å². The Kier molecular flexibility index (Phi) is 6.26. The van der Waals surface area contributed by atoms with Crippen molar-refractivity contribution in [3.8, 4) is 0 Å². The normalized spacial score (nSPS) is 19.8. The first kappa shape index (κ1) is 20.6.